The van der Waals surface area contributed by atoms with Crippen molar-refractivity contribution in [3.05, 3.63) is 52.0 Å². The van der Waals surface area contributed by atoms with Crippen molar-refractivity contribution in [2.75, 3.05) is 33.2 Å². The fourth-order valence-electron chi connectivity index (χ4n) is 2.03. The molecular formula is C19H22BrN3O3. The molecule has 0 aromatic heterocycles. The van der Waals surface area contributed by atoms with Crippen LogP contribution in [0.3, 0.4) is 0 Å². The summed E-state index contributed by atoms with van der Waals surface area (Å²) in [6, 6.07) is 11.6. The Labute approximate surface area is 161 Å². The number of methoxy groups -OCH3 is 1. The molecule has 0 radical (unpaired) electrons. The zero-order valence-electron chi connectivity index (χ0n) is 15.2. The number of carbonyl (C=O) groups is 1. The molecule has 0 atom stereocenters. The van der Waals surface area contributed by atoms with Crippen LogP contribution in [0.2, 0.25) is 0 Å². The molecule has 0 saturated carbocycles. The molecule has 2 aromatic rings. The summed E-state index contributed by atoms with van der Waals surface area (Å²) in [6.45, 7) is 1.97. The number of anilines is 1. The number of benzene rings is 2. The first-order chi connectivity index (χ1) is 12.4. The number of hydrazone groups is 1. The largest absolute Gasteiger partial charge is 0.493 e. The smallest absolute Gasteiger partial charge is 0.259 e. The molecule has 0 aliphatic rings. The van der Waals surface area contributed by atoms with Crippen LogP contribution in [0.4, 0.5) is 5.69 Å². The number of ether oxygens (including phenoxy) is 2. The number of hydrogen-bond acceptors (Lipinski definition) is 5. The number of halogens is 1. The highest BCUT2D eigenvalue weighted by molar-refractivity contribution is 9.10. The summed E-state index contributed by atoms with van der Waals surface area (Å²) in [7, 11) is 4.91. The van der Waals surface area contributed by atoms with Crippen LogP contribution in [-0.2, 0) is 4.79 Å². The molecule has 0 aliphatic carbocycles. The third-order valence-electron chi connectivity index (χ3n) is 3.55. The Kier molecular flexibility index (Phi) is 7.03. The fourth-order valence-corrected chi connectivity index (χ4v) is 2.60. The van der Waals surface area contributed by atoms with E-state index in [1.165, 1.54) is 10.5 Å². The lowest BCUT2D eigenvalue weighted by molar-refractivity contribution is -0.130. The molecular weight excluding hydrogens is 398 g/mol. The maximum absolute atomic E-state index is 11.7. The highest BCUT2D eigenvalue weighted by atomic mass is 79.9. The van der Waals surface area contributed by atoms with E-state index in [1.54, 1.807) is 33.5 Å². The summed E-state index contributed by atoms with van der Waals surface area (Å²) in [5, 5.41) is 4.23. The Morgan fingerprint density at radius 1 is 1.27 bits per heavy atom. The summed E-state index contributed by atoms with van der Waals surface area (Å²) in [6.07, 6.45) is 1.68. The quantitative estimate of drug-likeness (QED) is 0.549. The standard InChI is InChI=1S/C19H22BrN3O3/c1-13-5-7-15(8-6-13)22-21-11-14-9-16(20)19(17(10-14)25-4)26-12-18(24)23(2)3/h5-11,22H,12H2,1-4H3/b21-11-. The average molecular weight is 420 g/mol. The number of nitrogens with one attached hydrogen (secondary N) is 1. The van der Waals surface area contributed by atoms with Gasteiger partial charge in [0.05, 0.1) is 23.5 Å². The van der Waals surface area contributed by atoms with Gasteiger partial charge in [-0.15, -0.1) is 0 Å². The number of likely N-dealkylation sites (N-methyl/N-ethyl adjacent to an activating group) is 1. The maximum atomic E-state index is 11.7. The molecule has 6 nitrogen and oxygen atoms in total. The van der Waals surface area contributed by atoms with Gasteiger partial charge in [-0.2, -0.15) is 5.10 Å². The molecule has 0 fully saturated rings. The van der Waals surface area contributed by atoms with Crippen LogP contribution in [0.1, 0.15) is 11.1 Å². The second kappa shape index (κ2) is 9.24. The molecule has 2 rings (SSSR count). The molecule has 138 valence electrons. The van der Waals surface area contributed by atoms with E-state index in [9.17, 15) is 4.79 Å². The van der Waals surface area contributed by atoms with Crippen molar-refractivity contribution in [3.8, 4) is 11.5 Å². The van der Waals surface area contributed by atoms with Gasteiger partial charge in [0.25, 0.3) is 5.91 Å². The molecule has 0 bridgehead atoms. The van der Waals surface area contributed by atoms with Crippen LogP contribution in [0.5, 0.6) is 11.5 Å². The maximum Gasteiger partial charge on any atom is 0.259 e. The van der Waals surface area contributed by atoms with E-state index in [0.717, 1.165) is 11.3 Å². The Morgan fingerprint density at radius 2 is 1.96 bits per heavy atom. The zero-order valence-corrected chi connectivity index (χ0v) is 16.8. The molecule has 26 heavy (non-hydrogen) atoms. The first-order valence-electron chi connectivity index (χ1n) is 7.97. The van der Waals surface area contributed by atoms with Gasteiger partial charge in [0, 0.05) is 14.1 Å². The zero-order chi connectivity index (χ0) is 19.1. The Morgan fingerprint density at radius 3 is 2.58 bits per heavy atom. The molecule has 1 amide bonds. The van der Waals surface area contributed by atoms with Gasteiger partial charge in [0.2, 0.25) is 0 Å². The van der Waals surface area contributed by atoms with Gasteiger partial charge in [0.15, 0.2) is 18.1 Å². The molecule has 1 N–H and O–H groups in total. The summed E-state index contributed by atoms with van der Waals surface area (Å²) < 4.78 is 11.7. The molecule has 7 heteroatoms. The second-order valence-electron chi connectivity index (χ2n) is 5.85. The number of amides is 1. The molecule has 0 heterocycles. The third-order valence-corrected chi connectivity index (χ3v) is 4.14. The van der Waals surface area contributed by atoms with Crippen LogP contribution in [-0.4, -0.2) is 44.8 Å². The monoisotopic (exact) mass is 419 g/mol. The first kappa shape index (κ1) is 19.8. The number of nitrogens with zero attached hydrogens (tertiary/aromatic N) is 2. The lowest BCUT2D eigenvalue weighted by atomic mass is 10.2. The number of hydrogen-bond donors (Lipinski definition) is 1. The third kappa shape index (κ3) is 5.49. The Hall–Kier alpha value is -2.54. The summed E-state index contributed by atoms with van der Waals surface area (Å²) >= 11 is 3.46. The van der Waals surface area contributed by atoms with Crippen molar-refractivity contribution >= 4 is 33.7 Å². The van der Waals surface area contributed by atoms with Gasteiger partial charge in [-0.1, -0.05) is 17.7 Å². The van der Waals surface area contributed by atoms with E-state index >= 15 is 0 Å². The fraction of sp³-hybridized carbons (Fsp3) is 0.263. The van der Waals surface area contributed by atoms with E-state index in [0.29, 0.717) is 16.0 Å². The number of carbonyl (C=O) groups excluding carboxylic acids is 1. The normalized spacial score (nSPS) is 10.7. The van der Waals surface area contributed by atoms with Crippen LogP contribution < -0.4 is 14.9 Å². The molecule has 0 saturated heterocycles. The second-order valence-corrected chi connectivity index (χ2v) is 6.70. The van der Waals surface area contributed by atoms with Gasteiger partial charge in [-0.05, 0) is 52.7 Å². The van der Waals surface area contributed by atoms with Crippen LogP contribution in [0, 0.1) is 6.92 Å². The van der Waals surface area contributed by atoms with Gasteiger partial charge >= 0.3 is 0 Å². The Bertz CT molecular complexity index is 789. The van der Waals surface area contributed by atoms with E-state index in [1.807, 2.05) is 37.3 Å². The highest BCUT2D eigenvalue weighted by Gasteiger charge is 2.13. The minimum Gasteiger partial charge on any atom is -0.493 e. The van der Waals surface area contributed by atoms with Crippen molar-refractivity contribution in [3.63, 3.8) is 0 Å². The molecule has 0 spiro atoms. The Balaban J connectivity index is 2.10. The minimum absolute atomic E-state index is 0.0651. The van der Waals surface area contributed by atoms with Crippen molar-refractivity contribution in [1.82, 2.24) is 4.90 Å². The summed E-state index contributed by atoms with van der Waals surface area (Å²) in [5.41, 5.74) is 5.89. The first-order valence-corrected chi connectivity index (χ1v) is 8.76. The topological polar surface area (TPSA) is 63.2 Å². The van der Waals surface area contributed by atoms with Crippen molar-refractivity contribution in [1.29, 1.82) is 0 Å². The van der Waals surface area contributed by atoms with Gasteiger partial charge < -0.3 is 14.4 Å². The molecule has 0 aliphatic heterocycles. The SMILES string of the molecule is COc1cc(/C=N\Nc2ccc(C)cc2)cc(Br)c1OCC(=O)N(C)C. The lowest BCUT2D eigenvalue weighted by Gasteiger charge is -2.15. The average Bonchev–Trinajstić information content (AvgIpc) is 2.61. The van der Waals surface area contributed by atoms with Gasteiger partial charge in [-0.3, -0.25) is 10.2 Å². The highest BCUT2D eigenvalue weighted by Crippen LogP contribution is 2.36. The van der Waals surface area contributed by atoms with Crippen LogP contribution >= 0.6 is 15.9 Å². The predicted molar refractivity (Wildman–Crippen MR) is 107 cm³/mol. The van der Waals surface area contributed by atoms with Crippen molar-refractivity contribution < 1.29 is 14.3 Å². The van der Waals surface area contributed by atoms with Crippen LogP contribution in [0.15, 0.2) is 46.0 Å². The minimum atomic E-state index is -0.133. The van der Waals surface area contributed by atoms with Gasteiger partial charge in [-0.25, -0.2) is 0 Å². The van der Waals surface area contributed by atoms with Crippen LogP contribution in [0.25, 0.3) is 0 Å². The molecule has 0 unspecified atom stereocenters. The van der Waals surface area contributed by atoms with E-state index in [2.05, 4.69) is 26.5 Å². The summed E-state index contributed by atoms with van der Waals surface area (Å²) in [4.78, 5) is 13.2. The number of aryl methyl sites for hydroxylation is 1. The van der Waals surface area contributed by atoms with Crippen molar-refractivity contribution in [2.24, 2.45) is 5.10 Å². The van der Waals surface area contributed by atoms with E-state index in [-0.39, 0.29) is 12.5 Å². The van der Waals surface area contributed by atoms with Gasteiger partial charge in [0.1, 0.15) is 0 Å². The predicted octanol–water partition coefficient (Wildman–Crippen LogP) is 3.68. The molecule has 2 aromatic carbocycles. The van der Waals surface area contributed by atoms with E-state index < -0.39 is 0 Å². The lowest BCUT2D eigenvalue weighted by Crippen LogP contribution is -2.27. The van der Waals surface area contributed by atoms with E-state index in [4.69, 9.17) is 9.47 Å². The van der Waals surface area contributed by atoms with Crippen molar-refractivity contribution in [2.45, 2.75) is 6.92 Å². The number of rotatable bonds is 7. The summed E-state index contributed by atoms with van der Waals surface area (Å²) in [5.74, 6) is 0.862.